The minimum absolute atomic E-state index is 0.577. The summed E-state index contributed by atoms with van der Waals surface area (Å²) in [6.07, 6.45) is 2.29. The van der Waals surface area contributed by atoms with Crippen LogP contribution in [0.4, 0.5) is 0 Å². The second-order valence-electron chi connectivity index (χ2n) is 3.52. The lowest BCUT2D eigenvalue weighted by Crippen LogP contribution is -2.06. The number of halogens is 1. The Morgan fingerprint density at radius 2 is 2.44 bits per heavy atom. The lowest BCUT2D eigenvalue weighted by Gasteiger charge is -2.09. The molecule has 6 heteroatoms. The molecule has 0 saturated carbocycles. The second kappa shape index (κ2) is 4.80. The molecule has 0 amide bonds. The Bertz CT molecular complexity index is 433. The smallest absolute Gasteiger partial charge is 0.154 e. The van der Waals surface area contributed by atoms with E-state index in [0.29, 0.717) is 23.1 Å². The Labute approximate surface area is 101 Å². The van der Waals surface area contributed by atoms with E-state index in [1.165, 1.54) is 0 Å². The van der Waals surface area contributed by atoms with Crippen molar-refractivity contribution in [2.45, 2.75) is 18.9 Å². The summed E-state index contributed by atoms with van der Waals surface area (Å²) in [4.78, 5) is 0. The van der Waals surface area contributed by atoms with Gasteiger partial charge >= 0.3 is 0 Å². The topological polar surface area (TPSA) is 64.1 Å². The SMILES string of the molecule is Cn1nnc(Br)c1C(O)CCc1ccco1. The summed E-state index contributed by atoms with van der Waals surface area (Å²) in [5.74, 6) is 0.866. The van der Waals surface area contributed by atoms with E-state index in [1.54, 1.807) is 18.0 Å². The Morgan fingerprint density at radius 3 is 3.00 bits per heavy atom. The average molecular weight is 286 g/mol. The Hall–Kier alpha value is -1.14. The van der Waals surface area contributed by atoms with Crippen LogP contribution in [0.3, 0.4) is 0 Å². The average Bonchev–Trinajstić information content (AvgIpc) is 2.86. The van der Waals surface area contributed by atoms with Crippen LogP contribution in [0.25, 0.3) is 0 Å². The van der Waals surface area contributed by atoms with Crippen molar-refractivity contribution >= 4 is 15.9 Å². The molecular weight excluding hydrogens is 274 g/mol. The van der Waals surface area contributed by atoms with Crippen molar-refractivity contribution in [3.05, 3.63) is 34.5 Å². The van der Waals surface area contributed by atoms with Crippen LogP contribution in [0, 0.1) is 0 Å². The number of hydrogen-bond acceptors (Lipinski definition) is 4. The van der Waals surface area contributed by atoms with E-state index in [-0.39, 0.29) is 0 Å². The molecule has 5 nitrogen and oxygen atoms in total. The van der Waals surface area contributed by atoms with Gasteiger partial charge in [-0.2, -0.15) is 0 Å². The number of nitrogens with zero attached hydrogens (tertiary/aromatic N) is 3. The molecule has 0 aliphatic rings. The third-order valence-corrected chi connectivity index (χ3v) is 2.95. The number of aliphatic hydroxyl groups excluding tert-OH is 1. The lowest BCUT2D eigenvalue weighted by atomic mass is 10.1. The zero-order valence-corrected chi connectivity index (χ0v) is 10.4. The standard InChI is InChI=1S/C10H12BrN3O2/c1-14-9(10(11)12-13-14)8(15)5-4-7-3-2-6-16-7/h2-3,6,8,15H,4-5H2,1H3. The first-order valence-corrected chi connectivity index (χ1v) is 5.73. The third kappa shape index (κ3) is 2.33. The van der Waals surface area contributed by atoms with Crippen LogP contribution in [-0.4, -0.2) is 20.1 Å². The fourth-order valence-electron chi connectivity index (χ4n) is 1.56. The van der Waals surface area contributed by atoms with E-state index in [1.807, 2.05) is 12.1 Å². The summed E-state index contributed by atoms with van der Waals surface area (Å²) in [5, 5.41) is 17.6. The molecule has 0 aromatic carbocycles. The minimum atomic E-state index is -0.598. The third-order valence-electron chi connectivity index (χ3n) is 2.39. The predicted octanol–water partition coefficient (Wildman–Crippen LogP) is 1.84. The van der Waals surface area contributed by atoms with Crippen LogP contribution in [-0.2, 0) is 13.5 Å². The van der Waals surface area contributed by atoms with E-state index < -0.39 is 6.10 Å². The molecule has 86 valence electrons. The van der Waals surface area contributed by atoms with Crippen LogP contribution >= 0.6 is 15.9 Å². The molecule has 2 aromatic heterocycles. The van der Waals surface area contributed by atoms with Crippen molar-refractivity contribution in [2.24, 2.45) is 7.05 Å². The number of aryl methyl sites for hydroxylation is 2. The zero-order valence-electron chi connectivity index (χ0n) is 8.80. The number of rotatable bonds is 4. The molecule has 2 rings (SSSR count). The molecule has 1 atom stereocenters. The summed E-state index contributed by atoms with van der Waals surface area (Å²) in [6, 6.07) is 3.73. The van der Waals surface area contributed by atoms with Crippen molar-refractivity contribution in [1.29, 1.82) is 0 Å². The normalized spacial score (nSPS) is 12.9. The Balaban J connectivity index is 2.01. The van der Waals surface area contributed by atoms with Crippen LogP contribution in [0.1, 0.15) is 24.0 Å². The van der Waals surface area contributed by atoms with Crippen molar-refractivity contribution < 1.29 is 9.52 Å². The molecule has 2 heterocycles. The molecule has 16 heavy (non-hydrogen) atoms. The fraction of sp³-hybridized carbons (Fsp3) is 0.400. The van der Waals surface area contributed by atoms with Gasteiger partial charge in [0.15, 0.2) is 4.60 Å². The quantitative estimate of drug-likeness (QED) is 0.931. The van der Waals surface area contributed by atoms with Crippen LogP contribution in [0.15, 0.2) is 27.4 Å². The van der Waals surface area contributed by atoms with E-state index >= 15 is 0 Å². The molecule has 0 spiro atoms. The first kappa shape index (κ1) is 11.3. The van der Waals surface area contributed by atoms with Gasteiger partial charge in [0, 0.05) is 13.5 Å². The summed E-state index contributed by atoms with van der Waals surface area (Å²) >= 11 is 3.26. The van der Waals surface area contributed by atoms with Crippen LogP contribution in [0.2, 0.25) is 0 Å². The number of aliphatic hydroxyl groups is 1. The maximum Gasteiger partial charge on any atom is 0.154 e. The molecule has 0 fully saturated rings. The summed E-state index contributed by atoms with van der Waals surface area (Å²) < 4.78 is 7.35. The molecule has 0 aliphatic heterocycles. The first-order valence-electron chi connectivity index (χ1n) is 4.94. The zero-order chi connectivity index (χ0) is 11.5. The summed E-state index contributed by atoms with van der Waals surface area (Å²) in [5.41, 5.74) is 0.687. The summed E-state index contributed by atoms with van der Waals surface area (Å²) in [7, 11) is 1.75. The van der Waals surface area contributed by atoms with E-state index in [4.69, 9.17) is 4.42 Å². The van der Waals surface area contributed by atoms with Crippen LogP contribution < -0.4 is 0 Å². The highest BCUT2D eigenvalue weighted by Gasteiger charge is 2.17. The van der Waals surface area contributed by atoms with Crippen molar-refractivity contribution in [3.63, 3.8) is 0 Å². The van der Waals surface area contributed by atoms with Gasteiger partial charge in [0.2, 0.25) is 0 Å². The summed E-state index contributed by atoms with van der Waals surface area (Å²) in [6.45, 7) is 0. The van der Waals surface area contributed by atoms with Crippen LogP contribution in [0.5, 0.6) is 0 Å². The molecule has 1 unspecified atom stereocenters. The molecular formula is C10H12BrN3O2. The van der Waals surface area contributed by atoms with E-state index in [9.17, 15) is 5.11 Å². The second-order valence-corrected chi connectivity index (χ2v) is 4.27. The highest BCUT2D eigenvalue weighted by Crippen LogP contribution is 2.24. The highest BCUT2D eigenvalue weighted by molar-refractivity contribution is 9.10. The van der Waals surface area contributed by atoms with Gasteiger partial charge in [-0.05, 0) is 34.5 Å². The molecule has 0 aliphatic carbocycles. The van der Waals surface area contributed by atoms with Gasteiger partial charge in [0.05, 0.1) is 12.4 Å². The molecule has 2 aromatic rings. The monoisotopic (exact) mass is 285 g/mol. The molecule has 1 N–H and O–H groups in total. The minimum Gasteiger partial charge on any atom is -0.469 e. The van der Waals surface area contributed by atoms with Gasteiger partial charge in [-0.25, -0.2) is 4.68 Å². The number of aromatic nitrogens is 3. The van der Waals surface area contributed by atoms with Crippen molar-refractivity contribution in [1.82, 2.24) is 15.0 Å². The van der Waals surface area contributed by atoms with Gasteiger partial charge in [0.25, 0.3) is 0 Å². The number of hydrogen-bond donors (Lipinski definition) is 1. The fourth-order valence-corrected chi connectivity index (χ4v) is 2.15. The first-order chi connectivity index (χ1) is 7.68. The number of furan rings is 1. The highest BCUT2D eigenvalue weighted by atomic mass is 79.9. The van der Waals surface area contributed by atoms with Gasteiger partial charge in [0.1, 0.15) is 11.5 Å². The lowest BCUT2D eigenvalue weighted by molar-refractivity contribution is 0.155. The van der Waals surface area contributed by atoms with E-state index in [2.05, 4.69) is 26.2 Å². The maximum atomic E-state index is 10.00. The largest absolute Gasteiger partial charge is 0.469 e. The van der Waals surface area contributed by atoms with Crippen molar-refractivity contribution in [3.8, 4) is 0 Å². The predicted molar refractivity (Wildman–Crippen MR) is 60.7 cm³/mol. The maximum absolute atomic E-state index is 10.00. The van der Waals surface area contributed by atoms with Gasteiger partial charge in [-0.15, -0.1) is 5.10 Å². The molecule has 0 saturated heterocycles. The Kier molecular flexibility index (Phi) is 3.40. The molecule has 0 bridgehead atoms. The Morgan fingerprint density at radius 1 is 1.62 bits per heavy atom. The van der Waals surface area contributed by atoms with E-state index in [0.717, 1.165) is 5.76 Å². The van der Waals surface area contributed by atoms with Crippen molar-refractivity contribution in [2.75, 3.05) is 0 Å². The molecule has 0 radical (unpaired) electrons. The van der Waals surface area contributed by atoms with Gasteiger partial charge < -0.3 is 9.52 Å². The van der Waals surface area contributed by atoms with Gasteiger partial charge in [-0.3, -0.25) is 0 Å². The van der Waals surface area contributed by atoms with Gasteiger partial charge in [-0.1, -0.05) is 5.21 Å².